The van der Waals surface area contributed by atoms with Crippen LogP contribution in [0.4, 0.5) is 0 Å². The smallest absolute Gasteiger partial charge is 0.138 e. The number of pyridine rings is 1. The summed E-state index contributed by atoms with van der Waals surface area (Å²) in [5.41, 5.74) is 0.920. The molecule has 3 heterocycles. The molecule has 0 saturated carbocycles. The molecule has 1 aromatic carbocycles. The quantitative estimate of drug-likeness (QED) is 0.759. The van der Waals surface area contributed by atoms with Gasteiger partial charge in [0.15, 0.2) is 0 Å². The number of piperidine rings is 1. The monoisotopic (exact) mass is 371 g/mol. The Morgan fingerprint density at radius 1 is 1.11 bits per heavy atom. The van der Waals surface area contributed by atoms with Crippen molar-refractivity contribution in [3.63, 3.8) is 0 Å². The van der Waals surface area contributed by atoms with Gasteiger partial charge in [-0.1, -0.05) is 12.5 Å². The van der Waals surface area contributed by atoms with Crippen molar-refractivity contribution in [3.8, 4) is 5.75 Å². The highest BCUT2D eigenvalue weighted by Crippen LogP contribution is 2.25. The Labute approximate surface area is 161 Å². The van der Waals surface area contributed by atoms with E-state index in [2.05, 4.69) is 15.3 Å². The Morgan fingerprint density at radius 3 is 2.74 bits per heavy atom. The van der Waals surface area contributed by atoms with Crippen LogP contribution in [-0.2, 0) is 0 Å². The van der Waals surface area contributed by atoms with Crippen molar-refractivity contribution in [2.24, 2.45) is 0 Å². The third kappa shape index (κ3) is 4.24. The number of piperazine rings is 1. The number of quaternary nitrogens is 1. The predicted molar refractivity (Wildman–Crippen MR) is 106 cm³/mol. The van der Waals surface area contributed by atoms with Gasteiger partial charge < -0.3 is 15.2 Å². The Bertz CT molecular complexity index is 737. The first-order chi connectivity index (χ1) is 13.3. The number of hydrogen-bond acceptors (Lipinski definition) is 5. The molecule has 0 aliphatic carbocycles. The van der Waals surface area contributed by atoms with Crippen LogP contribution < -0.4 is 10.1 Å². The molecule has 2 fully saturated rings. The Balaban J connectivity index is 1.42. The van der Waals surface area contributed by atoms with E-state index >= 15 is 0 Å². The van der Waals surface area contributed by atoms with E-state index in [-0.39, 0.29) is 0 Å². The van der Waals surface area contributed by atoms with Gasteiger partial charge in [-0.3, -0.25) is 4.98 Å². The summed E-state index contributed by atoms with van der Waals surface area (Å²) in [4.78, 5) is 4.38. The highest BCUT2D eigenvalue weighted by Gasteiger charge is 2.39. The summed E-state index contributed by atoms with van der Waals surface area (Å²) in [6.45, 7) is 7.45. The van der Waals surface area contributed by atoms with E-state index in [9.17, 15) is 5.11 Å². The van der Waals surface area contributed by atoms with Crippen LogP contribution in [0.15, 0.2) is 36.5 Å². The molecule has 2 aliphatic rings. The van der Waals surface area contributed by atoms with Gasteiger partial charge >= 0.3 is 0 Å². The number of benzene rings is 1. The van der Waals surface area contributed by atoms with Crippen LogP contribution >= 0.6 is 0 Å². The topological polar surface area (TPSA) is 57.6 Å². The van der Waals surface area contributed by atoms with E-state index in [0.717, 1.165) is 67.1 Å². The van der Waals surface area contributed by atoms with Crippen LogP contribution in [0, 0.1) is 0 Å². The minimum atomic E-state index is -0.489. The van der Waals surface area contributed by atoms with Gasteiger partial charge in [0.1, 0.15) is 38.1 Å². The summed E-state index contributed by atoms with van der Waals surface area (Å²) in [7, 11) is 0. The maximum atomic E-state index is 10.8. The fourth-order valence-corrected chi connectivity index (χ4v) is 4.53. The molecule has 0 bridgehead atoms. The van der Waals surface area contributed by atoms with Gasteiger partial charge in [-0.05, 0) is 37.1 Å². The van der Waals surface area contributed by atoms with E-state index < -0.39 is 6.10 Å². The van der Waals surface area contributed by atoms with Crippen LogP contribution in [0.5, 0.6) is 5.75 Å². The minimum Gasteiger partial charge on any atom is -0.490 e. The van der Waals surface area contributed by atoms with E-state index in [1.807, 2.05) is 30.3 Å². The van der Waals surface area contributed by atoms with Crippen LogP contribution in [0.1, 0.15) is 19.3 Å². The molecular formula is C21H31N4O2+. The van der Waals surface area contributed by atoms with Crippen LogP contribution in [0.3, 0.4) is 0 Å². The lowest BCUT2D eigenvalue weighted by Crippen LogP contribution is -2.70. The molecule has 0 radical (unpaired) electrons. The average Bonchev–Trinajstić information content (AvgIpc) is 2.73. The molecule has 27 heavy (non-hydrogen) atoms. The van der Waals surface area contributed by atoms with Crippen molar-refractivity contribution in [2.75, 3.05) is 52.4 Å². The number of ether oxygens (including phenoxy) is 1. The second kappa shape index (κ2) is 8.52. The maximum Gasteiger partial charge on any atom is 0.138 e. The molecule has 2 aromatic rings. The SMILES string of the molecule is OC(COc1cccc2ncccc12)C[N+]1(N2CCCCC2)CCNCC1. The molecule has 4 rings (SSSR count). The van der Waals surface area contributed by atoms with E-state index in [4.69, 9.17) is 4.74 Å². The lowest BCUT2D eigenvalue weighted by Gasteiger charge is -2.50. The fraction of sp³-hybridized carbons (Fsp3) is 0.571. The number of aliphatic hydroxyl groups excluding tert-OH is 1. The van der Waals surface area contributed by atoms with Gasteiger partial charge in [-0.2, -0.15) is 5.01 Å². The summed E-state index contributed by atoms with van der Waals surface area (Å²) in [5, 5.41) is 17.9. The van der Waals surface area contributed by atoms with E-state index in [0.29, 0.717) is 6.61 Å². The first-order valence-electron chi connectivity index (χ1n) is 10.2. The fourth-order valence-electron chi connectivity index (χ4n) is 4.53. The second-order valence-electron chi connectivity index (χ2n) is 7.78. The number of hydrogen-bond donors (Lipinski definition) is 2. The van der Waals surface area contributed by atoms with Gasteiger partial charge in [0, 0.05) is 37.8 Å². The second-order valence-corrected chi connectivity index (χ2v) is 7.78. The first-order valence-corrected chi connectivity index (χ1v) is 10.2. The lowest BCUT2D eigenvalue weighted by atomic mass is 10.1. The largest absolute Gasteiger partial charge is 0.490 e. The predicted octanol–water partition coefficient (Wildman–Crippen LogP) is 1.80. The molecule has 6 nitrogen and oxygen atoms in total. The zero-order valence-electron chi connectivity index (χ0n) is 16.0. The molecule has 2 N–H and O–H groups in total. The molecule has 0 amide bonds. The zero-order chi connectivity index (χ0) is 18.5. The Morgan fingerprint density at radius 2 is 1.93 bits per heavy atom. The Hall–Kier alpha value is -1.73. The lowest BCUT2D eigenvalue weighted by molar-refractivity contribution is -1.04. The normalized spacial score (nSPS) is 21.8. The van der Waals surface area contributed by atoms with Crippen LogP contribution in [0.2, 0.25) is 0 Å². The highest BCUT2D eigenvalue weighted by molar-refractivity contribution is 5.84. The van der Waals surface area contributed by atoms with Crippen molar-refractivity contribution < 1.29 is 14.4 Å². The van der Waals surface area contributed by atoms with E-state index in [1.54, 1.807) is 6.20 Å². The number of nitrogens with one attached hydrogen (secondary N) is 1. The standard InChI is InChI=1S/C21H31N4O2/c26-18(17-27-21-8-4-7-20-19(21)6-5-9-23-20)16-25(14-10-22-11-15-25)24-12-2-1-3-13-24/h4-9,18,22,26H,1-3,10-17H2/q+1. The molecule has 146 valence electrons. The van der Waals surface area contributed by atoms with Gasteiger partial charge in [0.25, 0.3) is 0 Å². The van der Waals surface area contributed by atoms with Crippen molar-refractivity contribution >= 4 is 10.9 Å². The summed E-state index contributed by atoms with van der Waals surface area (Å²) in [5.74, 6) is 0.796. The summed E-state index contributed by atoms with van der Waals surface area (Å²) in [6.07, 6.45) is 5.16. The Kier molecular flexibility index (Phi) is 5.88. The molecule has 1 aromatic heterocycles. The van der Waals surface area contributed by atoms with Crippen LogP contribution in [-0.4, -0.2) is 78.2 Å². The minimum absolute atomic E-state index is 0.315. The third-order valence-electron chi connectivity index (χ3n) is 5.93. The third-order valence-corrected chi connectivity index (χ3v) is 5.93. The molecule has 0 spiro atoms. The molecule has 2 saturated heterocycles. The number of fused-ring (bicyclic) bond motifs is 1. The number of aromatic nitrogens is 1. The van der Waals surface area contributed by atoms with Crippen LogP contribution in [0.25, 0.3) is 10.9 Å². The van der Waals surface area contributed by atoms with Crippen molar-refractivity contribution in [1.29, 1.82) is 0 Å². The van der Waals surface area contributed by atoms with Gasteiger partial charge in [-0.25, -0.2) is 4.59 Å². The van der Waals surface area contributed by atoms with Crippen molar-refractivity contribution in [3.05, 3.63) is 36.5 Å². The van der Waals surface area contributed by atoms with E-state index in [1.165, 1.54) is 19.3 Å². The molecule has 1 atom stereocenters. The number of aliphatic hydroxyl groups is 1. The highest BCUT2D eigenvalue weighted by atomic mass is 16.5. The van der Waals surface area contributed by atoms with Gasteiger partial charge in [-0.15, -0.1) is 0 Å². The number of nitrogens with zero attached hydrogens (tertiary/aromatic N) is 3. The summed E-state index contributed by atoms with van der Waals surface area (Å²) < 4.78 is 6.92. The zero-order valence-corrected chi connectivity index (χ0v) is 16.0. The first kappa shape index (κ1) is 18.6. The molecule has 2 aliphatic heterocycles. The van der Waals surface area contributed by atoms with Gasteiger partial charge in [0.05, 0.1) is 5.52 Å². The number of rotatable bonds is 6. The average molecular weight is 372 g/mol. The molecule has 6 heteroatoms. The van der Waals surface area contributed by atoms with Crippen molar-refractivity contribution in [1.82, 2.24) is 15.3 Å². The summed E-state index contributed by atoms with van der Waals surface area (Å²) in [6, 6.07) is 9.83. The van der Waals surface area contributed by atoms with Gasteiger partial charge in [0.2, 0.25) is 0 Å². The molecule has 1 unspecified atom stereocenters. The maximum absolute atomic E-state index is 10.8. The molecular weight excluding hydrogens is 340 g/mol. The summed E-state index contributed by atoms with van der Waals surface area (Å²) >= 11 is 0. The van der Waals surface area contributed by atoms with Crippen molar-refractivity contribution in [2.45, 2.75) is 25.4 Å².